The van der Waals surface area contributed by atoms with Crippen LogP contribution in [-0.4, -0.2) is 11.1 Å². The van der Waals surface area contributed by atoms with Gasteiger partial charge < -0.3 is 5.11 Å². The Hall–Kier alpha value is -1.31. The zero-order valence-electron chi connectivity index (χ0n) is 12.1. The van der Waals surface area contributed by atoms with Gasteiger partial charge in [-0.05, 0) is 35.3 Å². The molecule has 1 fully saturated rings. The number of carboxylic acids is 1. The van der Waals surface area contributed by atoms with Gasteiger partial charge in [-0.3, -0.25) is 4.79 Å². The molecule has 104 valence electrons. The van der Waals surface area contributed by atoms with Crippen molar-refractivity contribution in [2.45, 2.75) is 57.8 Å². The Morgan fingerprint density at radius 1 is 1.11 bits per heavy atom. The van der Waals surface area contributed by atoms with Crippen molar-refractivity contribution in [1.82, 2.24) is 0 Å². The summed E-state index contributed by atoms with van der Waals surface area (Å²) < 4.78 is 0. The highest BCUT2D eigenvalue weighted by molar-refractivity contribution is 5.71. The van der Waals surface area contributed by atoms with Gasteiger partial charge in [0.05, 0.1) is 5.92 Å². The van der Waals surface area contributed by atoms with Gasteiger partial charge in [0.2, 0.25) is 0 Å². The van der Waals surface area contributed by atoms with E-state index in [0.29, 0.717) is 0 Å². The number of carboxylic acid groups (broad SMARTS) is 1. The summed E-state index contributed by atoms with van der Waals surface area (Å²) in [5.74, 6) is -0.640. The predicted octanol–water partition coefficient (Wildman–Crippen LogP) is 4.34. The Morgan fingerprint density at radius 2 is 1.68 bits per heavy atom. The summed E-state index contributed by atoms with van der Waals surface area (Å²) in [6.45, 7) is 6.59. The molecule has 0 aliphatic heterocycles. The molecule has 0 bridgehead atoms. The minimum atomic E-state index is -0.635. The normalized spacial score (nSPS) is 24.2. The highest BCUT2D eigenvalue weighted by Crippen LogP contribution is 2.38. The van der Waals surface area contributed by atoms with Crippen molar-refractivity contribution in [2.24, 2.45) is 5.92 Å². The Kier molecular flexibility index (Phi) is 3.98. The zero-order chi connectivity index (χ0) is 14.0. The number of aliphatic carboxylic acids is 1. The van der Waals surface area contributed by atoms with Crippen molar-refractivity contribution in [3.8, 4) is 0 Å². The Morgan fingerprint density at radius 3 is 2.21 bits per heavy atom. The summed E-state index contributed by atoms with van der Waals surface area (Å²) in [5.41, 5.74) is 2.65. The van der Waals surface area contributed by atoms with Gasteiger partial charge in [-0.15, -0.1) is 0 Å². The quantitative estimate of drug-likeness (QED) is 0.858. The van der Waals surface area contributed by atoms with Crippen molar-refractivity contribution in [2.75, 3.05) is 0 Å². The van der Waals surface area contributed by atoms with Crippen molar-refractivity contribution in [3.63, 3.8) is 0 Å². The second-order valence-electron chi connectivity index (χ2n) is 6.71. The largest absolute Gasteiger partial charge is 0.481 e. The molecule has 0 heterocycles. The van der Waals surface area contributed by atoms with Gasteiger partial charge in [0.1, 0.15) is 0 Å². The third-order valence-electron chi connectivity index (χ3n) is 4.29. The minimum absolute atomic E-state index is 0.150. The molecule has 0 amide bonds. The lowest BCUT2D eigenvalue weighted by Crippen LogP contribution is -2.25. The first-order chi connectivity index (χ1) is 8.89. The number of hydrogen-bond donors (Lipinski definition) is 1. The van der Waals surface area contributed by atoms with Crippen LogP contribution in [0.2, 0.25) is 0 Å². The van der Waals surface area contributed by atoms with Crippen LogP contribution in [0.1, 0.15) is 63.5 Å². The maximum Gasteiger partial charge on any atom is 0.307 e. The van der Waals surface area contributed by atoms with Crippen molar-refractivity contribution < 1.29 is 9.90 Å². The van der Waals surface area contributed by atoms with Crippen LogP contribution in [0.25, 0.3) is 0 Å². The molecular formula is C17H24O2. The van der Waals surface area contributed by atoms with Crippen LogP contribution in [0.3, 0.4) is 0 Å². The summed E-state index contributed by atoms with van der Waals surface area (Å²) in [7, 11) is 0. The van der Waals surface area contributed by atoms with E-state index in [9.17, 15) is 9.90 Å². The Balaban J connectivity index is 2.23. The Bertz CT molecular complexity index is 439. The lowest BCUT2D eigenvalue weighted by atomic mass is 9.75. The summed E-state index contributed by atoms with van der Waals surface area (Å²) in [6.07, 6.45) is 4.02. The molecular weight excluding hydrogens is 236 g/mol. The number of benzene rings is 1. The summed E-state index contributed by atoms with van der Waals surface area (Å²) in [5, 5.41) is 9.35. The number of hydrogen-bond acceptors (Lipinski definition) is 1. The average molecular weight is 260 g/mol. The molecule has 0 aromatic heterocycles. The summed E-state index contributed by atoms with van der Waals surface area (Å²) in [6, 6.07) is 8.57. The van der Waals surface area contributed by atoms with Crippen molar-refractivity contribution in [1.29, 1.82) is 0 Å². The summed E-state index contributed by atoms with van der Waals surface area (Å²) in [4.78, 5) is 11.4. The lowest BCUT2D eigenvalue weighted by molar-refractivity contribution is -0.143. The van der Waals surface area contributed by atoms with E-state index in [0.717, 1.165) is 25.7 Å². The van der Waals surface area contributed by atoms with Gasteiger partial charge in [0.15, 0.2) is 0 Å². The minimum Gasteiger partial charge on any atom is -0.481 e. The molecule has 2 nitrogen and oxygen atoms in total. The van der Waals surface area contributed by atoms with Crippen LogP contribution in [0, 0.1) is 5.92 Å². The van der Waals surface area contributed by atoms with E-state index in [-0.39, 0.29) is 17.3 Å². The van der Waals surface area contributed by atoms with Gasteiger partial charge in [-0.1, -0.05) is 57.9 Å². The zero-order valence-corrected chi connectivity index (χ0v) is 12.1. The number of carbonyl (C=O) groups is 1. The van der Waals surface area contributed by atoms with Crippen LogP contribution in [0.4, 0.5) is 0 Å². The SMILES string of the molecule is CC(C)(C)c1ccc(C2CCCCC2C(=O)O)cc1. The van der Waals surface area contributed by atoms with E-state index in [4.69, 9.17) is 0 Å². The fourth-order valence-corrected chi connectivity index (χ4v) is 3.06. The molecule has 1 N–H and O–H groups in total. The predicted molar refractivity (Wildman–Crippen MR) is 77.5 cm³/mol. The van der Waals surface area contributed by atoms with Gasteiger partial charge in [-0.2, -0.15) is 0 Å². The Labute approximate surface area is 115 Å². The third kappa shape index (κ3) is 3.17. The molecule has 1 saturated carbocycles. The molecule has 1 aromatic carbocycles. The van der Waals surface area contributed by atoms with Crippen LogP contribution in [0.5, 0.6) is 0 Å². The summed E-state index contributed by atoms with van der Waals surface area (Å²) >= 11 is 0. The fraction of sp³-hybridized carbons (Fsp3) is 0.588. The molecule has 1 aliphatic rings. The molecule has 0 spiro atoms. The van der Waals surface area contributed by atoms with Crippen molar-refractivity contribution in [3.05, 3.63) is 35.4 Å². The number of rotatable bonds is 2. The maximum absolute atomic E-state index is 11.4. The van der Waals surface area contributed by atoms with Gasteiger partial charge in [0, 0.05) is 0 Å². The van der Waals surface area contributed by atoms with Crippen LogP contribution in [0.15, 0.2) is 24.3 Å². The molecule has 2 unspecified atom stereocenters. The third-order valence-corrected chi connectivity index (χ3v) is 4.29. The molecule has 19 heavy (non-hydrogen) atoms. The van der Waals surface area contributed by atoms with E-state index in [1.807, 2.05) is 0 Å². The van der Waals surface area contributed by atoms with Gasteiger partial charge in [-0.25, -0.2) is 0 Å². The van der Waals surface area contributed by atoms with Crippen LogP contribution < -0.4 is 0 Å². The highest BCUT2D eigenvalue weighted by atomic mass is 16.4. The van der Waals surface area contributed by atoms with Crippen LogP contribution in [-0.2, 0) is 10.2 Å². The fourth-order valence-electron chi connectivity index (χ4n) is 3.06. The molecule has 2 rings (SSSR count). The lowest BCUT2D eigenvalue weighted by Gasteiger charge is -2.29. The first-order valence-electron chi connectivity index (χ1n) is 7.23. The van der Waals surface area contributed by atoms with Gasteiger partial charge >= 0.3 is 5.97 Å². The second kappa shape index (κ2) is 5.36. The molecule has 1 aromatic rings. The first-order valence-corrected chi connectivity index (χ1v) is 7.23. The monoisotopic (exact) mass is 260 g/mol. The van der Waals surface area contributed by atoms with E-state index in [1.54, 1.807) is 0 Å². The molecule has 2 heteroatoms. The van der Waals surface area contributed by atoms with E-state index in [1.165, 1.54) is 11.1 Å². The van der Waals surface area contributed by atoms with E-state index >= 15 is 0 Å². The van der Waals surface area contributed by atoms with E-state index in [2.05, 4.69) is 45.0 Å². The van der Waals surface area contributed by atoms with Crippen LogP contribution >= 0.6 is 0 Å². The second-order valence-corrected chi connectivity index (χ2v) is 6.71. The highest BCUT2D eigenvalue weighted by Gasteiger charge is 2.31. The van der Waals surface area contributed by atoms with Gasteiger partial charge in [0.25, 0.3) is 0 Å². The molecule has 0 saturated heterocycles. The standard InChI is InChI=1S/C17H24O2/c1-17(2,3)13-10-8-12(9-11-13)14-6-4-5-7-15(14)16(18)19/h8-11,14-15H,4-7H2,1-3H3,(H,18,19). The average Bonchev–Trinajstić information content (AvgIpc) is 2.38. The molecule has 1 aliphatic carbocycles. The first kappa shape index (κ1) is 14.1. The van der Waals surface area contributed by atoms with Crippen molar-refractivity contribution >= 4 is 5.97 Å². The topological polar surface area (TPSA) is 37.3 Å². The smallest absolute Gasteiger partial charge is 0.307 e. The molecule has 2 atom stereocenters. The molecule has 0 radical (unpaired) electrons. The van der Waals surface area contributed by atoms with E-state index < -0.39 is 5.97 Å². The maximum atomic E-state index is 11.4.